The smallest absolute Gasteiger partial charge is 0.238 e. The fourth-order valence-electron chi connectivity index (χ4n) is 0.131. The number of hydrogen-bond acceptors (Lipinski definition) is 1. The summed E-state index contributed by atoms with van der Waals surface area (Å²) in [5, 5.41) is 0. The molecule has 56 valence electrons. The van der Waals surface area contributed by atoms with E-state index in [9.17, 15) is 17.6 Å². The fourth-order valence-corrected chi connectivity index (χ4v) is 1.11. The average molecular weight is 370 g/mol. The molecule has 0 saturated carbocycles. The summed E-state index contributed by atoms with van der Waals surface area (Å²) in [5.74, 6) is 0. The molecular formula is C2F4I2O. The van der Waals surface area contributed by atoms with Gasteiger partial charge in [0.1, 0.15) is 0 Å². The molecule has 0 aromatic carbocycles. The van der Waals surface area contributed by atoms with Crippen LogP contribution in [0.5, 0.6) is 0 Å². The molecule has 0 radical (unpaired) electrons. The van der Waals surface area contributed by atoms with Gasteiger partial charge in [-0.05, 0) is 0 Å². The predicted molar refractivity (Wildman–Crippen MR) is 39.0 cm³/mol. The van der Waals surface area contributed by atoms with Crippen molar-refractivity contribution in [3.63, 3.8) is 0 Å². The molecule has 0 aliphatic rings. The minimum absolute atomic E-state index is 0.461. The van der Waals surface area contributed by atoms with Crippen LogP contribution in [-0.2, 0) is 4.74 Å². The molecule has 7 heteroatoms. The Bertz CT molecular complexity index is 81.7. The van der Waals surface area contributed by atoms with Gasteiger partial charge >= 0.3 is 8.23 Å². The third kappa shape index (κ3) is 9.14. The summed E-state index contributed by atoms with van der Waals surface area (Å²) >= 11 is 0.923. The highest BCUT2D eigenvalue weighted by molar-refractivity contribution is 14.1. The van der Waals surface area contributed by atoms with Crippen molar-refractivity contribution in [1.29, 1.82) is 0 Å². The summed E-state index contributed by atoms with van der Waals surface area (Å²) in [6.45, 7) is 0. The first-order chi connectivity index (χ1) is 3.71. The lowest BCUT2D eigenvalue weighted by atomic mass is 11.3. The maximum Gasteiger partial charge on any atom is 0.412 e. The molecule has 0 amide bonds. The lowest BCUT2D eigenvalue weighted by Crippen LogP contribution is -2.22. The molecule has 0 aliphatic heterocycles. The zero-order valence-electron chi connectivity index (χ0n) is 3.68. The van der Waals surface area contributed by atoms with Crippen molar-refractivity contribution in [1.82, 2.24) is 0 Å². The Labute approximate surface area is 75.4 Å². The summed E-state index contributed by atoms with van der Waals surface area (Å²) in [6.07, 6.45) is 0. The Morgan fingerprint density at radius 2 is 1.11 bits per heavy atom. The van der Waals surface area contributed by atoms with Crippen LogP contribution in [0.3, 0.4) is 0 Å². The van der Waals surface area contributed by atoms with Crippen LogP contribution in [-0.4, -0.2) is 8.23 Å². The summed E-state index contributed by atoms with van der Waals surface area (Å²) in [6, 6.07) is 0. The Balaban J connectivity index is 3.75. The van der Waals surface area contributed by atoms with Crippen LogP contribution in [0.1, 0.15) is 0 Å². The third-order valence-corrected chi connectivity index (χ3v) is 0.672. The zero-order chi connectivity index (χ0) is 7.71. The highest BCUT2D eigenvalue weighted by atomic mass is 127. The molecule has 0 N–H and O–H groups in total. The highest BCUT2D eigenvalue weighted by Gasteiger charge is 2.39. The van der Waals surface area contributed by atoms with E-state index in [0.717, 1.165) is 0 Å². The van der Waals surface area contributed by atoms with Crippen molar-refractivity contribution in [2.45, 2.75) is 8.23 Å². The molecule has 0 unspecified atom stereocenters. The van der Waals surface area contributed by atoms with Crippen molar-refractivity contribution < 1.29 is 22.3 Å². The van der Waals surface area contributed by atoms with Gasteiger partial charge < -0.3 is 0 Å². The Morgan fingerprint density at radius 3 is 1.11 bits per heavy atom. The largest absolute Gasteiger partial charge is 0.412 e. The first-order valence-electron chi connectivity index (χ1n) is 1.54. The maximum atomic E-state index is 11.5. The monoisotopic (exact) mass is 370 g/mol. The zero-order valence-corrected chi connectivity index (χ0v) is 7.99. The summed E-state index contributed by atoms with van der Waals surface area (Å²) in [4.78, 5) is 0. The number of alkyl halides is 6. The number of rotatable bonds is 2. The Hall–Kier alpha value is 1.14. The molecule has 9 heavy (non-hydrogen) atoms. The lowest BCUT2D eigenvalue weighted by molar-refractivity contribution is -0.267. The van der Waals surface area contributed by atoms with Crippen LogP contribution in [0.4, 0.5) is 17.6 Å². The van der Waals surface area contributed by atoms with Gasteiger partial charge in [0.2, 0.25) is 0 Å². The normalized spacial score (nSPS) is 14.0. The van der Waals surface area contributed by atoms with Crippen molar-refractivity contribution in [3.05, 3.63) is 0 Å². The van der Waals surface area contributed by atoms with Gasteiger partial charge in [-0.2, -0.15) is 17.6 Å². The first-order valence-corrected chi connectivity index (χ1v) is 3.70. The second-order valence-electron chi connectivity index (χ2n) is 0.994. The van der Waals surface area contributed by atoms with Gasteiger partial charge in [0.05, 0.1) is 0 Å². The highest BCUT2D eigenvalue weighted by Crippen LogP contribution is 2.35. The van der Waals surface area contributed by atoms with E-state index in [0.29, 0.717) is 45.2 Å². The molecule has 0 spiro atoms. The topological polar surface area (TPSA) is 9.23 Å². The number of halogens is 6. The molecule has 0 bridgehead atoms. The summed E-state index contributed by atoms with van der Waals surface area (Å²) in [5.41, 5.74) is 0. The van der Waals surface area contributed by atoms with Gasteiger partial charge in [-0.3, -0.25) is 0 Å². The summed E-state index contributed by atoms with van der Waals surface area (Å²) < 4.78 is 41.3. The van der Waals surface area contributed by atoms with E-state index >= 15 is 0 Å². The molecule has 0 rings (SSSR count). The third-order valence-electron chi connectivity index (χ3n) is 0.231. The maximum absolute atomic E-state index is 11.5. The van der Waals surface area contributed by atoms with E-state index in [1.165, 1.54) is 0 Å². The van der Waals surface area contributed by atoms with Crippen LogP contribution in [0.2, 0.25) is 0 Å². The van der Waals surface area contributed by atoms with Crippen molar-refractivity contribution in [2.75, 3.05) is 0 Å². The molecule has 0 aromatic heterocycles. The number of ether oxygens (including phenoxy) is 1. The molecular weight excluding hydrogens is 370 g/mol. The molecule has 1 nitrogen and oxygen atoms in total. The van der Waals surface area contributed by atoms with Gasteiger partial charge in [0.25, 0.3) is 0 Å². The minimum Gasteiger partial charge on any atom is -0.238 e. The van der Waals surface area contributed by atoms with E-state index < -0.39 is 8.23 Å². The Kier molecular flexibility index (Phi) is 3.41. The van der Waals surface area contributed by atoms with Crippen LogP contribution in [0.15, 0.2) is 0 Å². The van der Waals surface area contributed by atoms with Crippen LogP contribution in [0, 0.1) is 0 Å². The molecule has 0 aliphatic carbocycles. The van der Waals surface area contributed by atoms with Crippen LogP contribution >= 0.6 is 45.2 Å². The second-order valence-corrected chi connectivity index (χ2v) is 3.51. The van der Waals surface area contributed by atoms with Crippen molar-refractivity contribution in [3.8, 4) is 0 Å². The van der Waals surface area contributed by atoms with E-state index in [1.54, 1.807) is 0 Å². The summed E-state index contributed by atoms with van der Waals surface area (Å²) in [7, 11) is 0. The van der Waals surface area contributed by atoms with E-state index in [-0.39, 0.29) is 0 Å². The van der Waals surface area contributed by atoms with Crippen molar-refractivity contribution in [2.24, 2.45) is 0 Å². The molecule has 0 fully saturated rings. The molecule has 0 saturated heterocycles. The van der Waals surface area contributed by atoms with Crippen LogP contribution in [0.25, 0.3) is 0 Å². The van der Waals surface area contributed by atoms with Crippen molar-refractivity contribution >= 4 is 45.2 Å². The van der Waals surface area contributed by atoms with E-state index in [2.05, 4.69) is 4.74 Å². The Morgan fingerprint density at radius 1 is 0.889 bits per heavy atom. The molecule has 0 aromatic rings. The molecule has 0 atom stereocenters. The minimum atomic E-state index is -3.80. The SMILES string of the molecule is FC(F)(I)OC(F)(F)I. The quantitative estimate of drug-likeness (QED) is 0.413. The molecule has 0 heterocycles. The van der Waals surface area contributed by atoms with Gasteiger partial charge in [0, 0.05) is 45.2 Å². The van der Waals surface area contributed by atoms with Gasteiger partial charge in [-0.15, -0.1) is 0 Å². The standard InChI is InChI=1S/C2F4I2O/c3-1(4,7)9-2(5,6)8. The second kappa shape index (κ2) is 3.03. The number of hydrogen-bond donors (Lipinski definition) is 0. The fraction of sp³-hybridized carbons (Fsp3) is 1.00. The lowest BCUT2D eigenvalue weighted by Gasteiger charge is -2.13. The van der Waals surface area contributed by atoms with E-state index in [1.807, 2.05) is 0 Å². The van der Waals surface area contributed by atoms with Crippen LogP contribution < -0.4 is 0 Å². The van der Waals surface area contributed by atoms with Gasteiger partial charge in [-0.1, -0.05) is 0 Å². The predicted octanol–water partition coefficient (Wildman–Crippen LogP) is 2.97. The average Bonchev–Trinajstić information content (AvgIpc) is 1.14. The van der Waals surface area contributed by atoms with E-state index in [4.69, 9.17) is 0 Å². The van der Waals surface area contributed by atoms with Gasteiger partial charge in [-0.25, -0.2) is 4.74 Å². The first kappa shape index (κ1) is 10.1. The van der Waals surface area contributed by atoms with Gasteiger partial charge in [0.15, 0.2) is 0 Å².